The molecule has 11 nitrogen and oxygen atoms in total. The number of carbonyl (C=O) groups is 3. The molecule has 1 aromatic heterocycles. The van der Waals surface area contributed by atoms with Crippen LogP contribution in [0.15, 0.2) is 72.9 Å². The molecule has 2 aliphatic heterocycles. The van der Waals surface area contributed by atoms with E-state index in [2.05, 4.69) is 15.7 Å². The molecular weight excluding hydrogens is 590 g/mol. The van der Waals surface area contributed by atoms with E-state index in [0.29, 0.717) is 52.7 Å². The number of aromatic nitrogens is 2. The molecule has 1 unspecified atom stereocenters. The van der Waals surface area contributed by atoms with Gasteiger partial charge in [0.1, 0.15) is 18.4 Å². The number of hydrogen-bond donors (Lipinski definition) is 2. The summed E-state index contributed by atoms with van der Waals surface area (Å²) in [6.07, 6.45) is 0.393. The van der Waals surface area contributed by atoms with Crippen LogP contribution in [-0.4, -0.2) is 71.0 Å². The van der Waals surface area contributed by atoms with E-state index in [4.69, 9.17) is 18.9 Å². The number of nitrogens with one attached hydrogen (secondary N) is 2. The summed E-state index contributed by atoms with van der Waals surface area (Å²) in [6.45, 7) is 2.43. The summed E-state index contributed by atoms with van der Waals surface area (Å²) in [6, 6.07) is 17.5. The Hall–Kier alpha value is -5.20. The smallest absolute Gasteiger partial charge is 0.328 e. The minimum absolute atomic E-state index is 0.0659. The molecule has 0 radical (unpaired) electrons. The average molecular weight is 621 g/mol. The Labute approximate surface area is 256 Å². The highest BCUT2D eigenvalue weighted by Gasteiger charge is 2.39. The Morgan fingerprint density at radius 3 is 2.62 bits per heavy atom. The van der Waals surface area contributed by atoms with Gasteiger partial charge in [-0.05, 0) is 55.5 Å². The van der Waals surface area contributed by atoms with Crippen LogP contribution in [0.25, 0.3) is 16.6 Å². The third kappa shape index (κ3) is 6.37. The number of esters is 1. The number of para-hydroxylation sites is 2. The summed E-state index contributed by atoms with van der Waals surface area (Å²) in [5.41, 5.74) is 1.67. The monoisotopic (exact) mass is 620 g/mol. The van der Waals surface area contributed by atoms with E-state index < -0.39 is 48.0 Å². The van der Waals surface area contributed by atoms with Gasteiger partial charge < -0.3 is 29.6 Å². The van der Waals surface area contributed by atoms with Crippen molar-refractivity contribution in [2.75, 3.05) is 13.2 Å². The summed E-state index contributed by atoms with van der Waals surface area (Å²) in [7, 11) is 0. The Kier molecular flexibility index (Phi) is 8.00. The highest BCUT2D eigenvalue weighted by Crippen LogP contribution is 2.33. The van der Waals surface area contributed by atoms with Gasteiger partial charge in [0.05, 0.1) is 30.0 Å². The van der Waals surface area contributed by atoms with Gasteiger partial charge in [0.15, 0.2) is 23.7 Å². The van der Waals surface area contributed by atoms with E-state index in [1.54, 1.807) is 84.5 Å². The summed E-state index contributed by atoms with van der Waals surface area (Å²) in [5, 5.41) is 10.2. The predicted octanol–water partition coefficient (Wildman–Crippen LogP) is 3.82. The first kappa shape index (κ1) is 29.9. The minimum atomic E-state index is -3.58. The summed E-state index contributed by atoms with van der Waals surface area (Å²) in [5.74, 6) is -4.48. The van der Waals surface area contributed by atoms with E-state index >= 15 is 0 Å². The van der Waals surface area contributed by atoms with Crippen molar-refractivity contribution in [1.82, 2.24) is 20.4 Å². The molecule has 0 saturated carbocycles. The van der Waals surface area contributed by atoms with Crippen molar-refractivity contribution in [2.45, 2.75) is 50.5 Å². The molecule has 0 bridgehead atoms. The van der Waals surface area contributed by atoms with Crippen LogP contribution in [0.2, 0.25) is 0 Å². The fraction of sp³-hybridized carbons (Fsp3) is 0.312. The Morgan fingerprint density at radius 1 is 1.07 bits per heavy atom. The Morgan fingerprint density at radius 2 is 1.87 bits per heavy atom. The van der Waals surface area contributed by atoms with Crippen molar-refractivity contribution in [2.24, 2.45) is 0 Å². The third-order valence-electron chi connectivity index (χ3n) is 7.55. The van der Waals surface area contributed by atoms with Crippen molar-refractivity contribution in [3.05, 3.63) is 78.5 Å². The number of amides is 2. The number of fused-ring (bicyclic) bond motifs is 2. The number of nitrogens with zero attached hydrogens (tertiary/aromatic N) is 2. The fourth-order valence-electron chi connectivity index (χ4n) is 5.21. The average Bonchev–Trinajstić information content (AvgIpc) is 3.64. The van der Waals surface area contributed by atoms with E-state index in [9.17, 15) is 23.2 Å². The number of carbonyl (C=O) groups excluding carboxylic acids is 3. The van der Waals surface area contributed by atoms with E-state index in [0.717, 1.165) is 0 Å². The number of cyclic esters (lactones) is 1. The van der Waals surface area contributed by atoms with Gasteiger partial charge in [-0.2, -0.15) is 13.9 Å². The van der Waals surface area contributed by atoms with Gasteiger partial charge in [-0.3, -0.25) is 9.59 Å². The van der Waals surface area contributed by atoms with Crippen LogP contribution < -0.4 is 24.8 Å². The number of ether oxygens (including phenoxy) is 4. The fourth-order valence-corrected chi connectivity index (χ4v) is 5.21. The summed E-state index contributed by atoms with van der Waals surface area (Å²) >= 11 is 0. The first-order valence-electron chi connectivity index (χ1n) is 14.4. The van der Waals surface area contributed by atoms with Crippen LogP contribution in [0.1, 0.15) is 30.6 Å². The van der Waals surface area contributed by atoms with Crippen molar-refractivity contribution in [3.63, 3.8) is 0 Å². The molecular formula is C32H30F2N4O7. The Balaban J connectivity index is 1.23. The molecule has 0 spiro atoms. The molecule has 234 valence electrons. The molecule has 0 aliphatic carbocycles. The van der Waals surface area contributed by atoms with Crippen LogP contribution in [0.4, 0.5) is 8.78 Å². The lowest BCUT2D eigenvalue weighted by Crippen LogP contribution is -2.56. The van der Waals surface area contributed by atoms with Gasteiger partial charge in [-0.15, -0.1) is 0 Å². The van der Waals surface area contributed by atoms with Gasteiger partial charge in [0, 0.05) is 24.3 Å². The largest absolute Gasteiger partial charge is 0.486 e. The maximum absolute atomic E-state index is 13.7. The number of halogens is 2. The quantitative estimate of drug-likeness (QED) is 0.270. The normalized spacial score (nSPS) is 19.0. The van der Waals surface area contributed by atoms with Crippen LogP contribution in [0, 0.1) is 0 Å². The number of alkyl halides is 2. The molecule has 2 N–H and O–H groups in total. The first-order valence-corrected chi connectivity index (χ1v) is 14.4. The number of rotatable bonds is 9. The van der Waals surface area contributed by atoms with Gasteiger partial charge in [-0.1, -0.05) is 18.2 Å². The molecule has 45 heavy (non-hydrogen) atoms. The third-order valence-corrected chi connectivity index (χ3v) is 7.55. The van der Waals surface area contributed by atoms with Crippen molar-refractivity contribution >= 4 is 28.7 Å². The molecule has 1 fully saturated rings. The molecule has 3 heterocycles. The molecule has 3 aromatic carbocycles. The van der Waals surface area contributed by atoms with Gasteiger partial charge in [0.2, 0.25) is 0 Å². The topological polar surface area (TPSA) is 130 Å². The summed E-state index contributed by atoms with van der Waals surface area (Å²) in [4.78, 5) is 36.7. The second kappa shape index (κ2) is 12.1. The highest BCUT2D eigenvalue weighted by atomic mass is 19.3. The molecule has 2 amide bonds. The van der Waals surface area contributed by atoms with Crippen LogP contribution in [0.3, 0.4) is 0 Å². The van der Waals surface area contributed by atoms with Gasteiger partial charge >= 0.3 is 11.9 Å². The van der Waals surface area contributed by atoms with Crippen molar-refractivity contribution < 1.29 is 42.1 Å². The number of hydrogen-bond acceptors (Lipinski definition) is 8. The van der Waals surface area contributed by atoms with Crippen LogP contribution >= 0.6 is 0 Å². The minimum Gasteiger partial charge on any atom is -0.486 e. The molecule has 13 heteroatoms. The SMILES string of the molecule is C[C@H](NC(=O)C(C)(F)F)[C@@H](Oc1ccc2c(cnn2-c2cccc(C(=O)N[C@H]3CCOC3=O)c2)c1)C1COc2ccccc2O1. The molecule has 4 atom stereocenters. The van der Waals surface area contributed by atoms with E-state index in [1.165, 1.54) is 0 Å². The maximum atomic E-state index is 13.7. The molecule has 2 aliphatic rings. The molecule has 6 rings (SSSR count). The van der Waals surface area contributed by atoms with Gasteiger partial charge in [0.25, 0.3) is 11.8 Å². The first-order chi connectivity index (χ1) is 21.6. The predicted molar refractivity (Wildman–Crippen MR) is 157 cm³/mol. The zero-order valence-corrected chi connectivity index (χ0v) is 24.4. The van der Waals surface area contributed by atoms with Crippen LogP contribution in [0.5, 0.6) is 17.2 Å². The van der Waals surface area contributed by atoms with Gasteiger partial charge in [-0.25, -0.2) is 9.48 Å². The second-order valence-corrected chi connectivity index (χ2v) is 11.0. The lowest BCUT2D eigenvalue weighted by atomic mass is 10.1. The highest BCUT2D eigenvalue weighted by molar-refractivity contribution is 5.97. The second-order valence-electron chi connectivity index (χ2n) is 11.0. The zero-order valence-electron chi connectivity index (χ0n) is 24.4. The van der Waals surface area contributed by atoms with Crippen LogP contribution in [-0.2, 0) is 14.3 Å². The lowest BCUT2D eigenvalue weighted by molar-refractivity contribution is -0.145. The zero-order chi connectivity index (χ0) is 31.7. The molecule has 4 aromatic rings. The standard InChI is InChI=1S/C32H30F2N4O7/c1-18(36-31(41)32(2,33)34)28(27-17-43-25-8-3-4-9-26(25)45-27)44-22-10-11-24-20(15-22)16-35-38(24)21-7-5-6-19(14-21)29(39)37-23-12-13-42-30(23)40/h3-11,14-16,18,23,27-28H,12-13,17H2,1-2H3,(H,36,41)(H,37,39)/t18-,23-,27?,28+/m0/s1. The maximum Gasteiger partial charge on any atom is 0.328 e. The van der Waals surface area contributed by atoms with E-state index in [1.807, 2.05) is 0 Å². The van der Waals surface area contributed by atoms with E-state index in [-0.39, 0.29) is 13.2 Å². The van der Waals surface area contributed by atoms with Crippen molar-refractivity contribution in [3.8, 4) is 22.9 Å². The summed E-state index contributed by atoms with van der Waals surface area (Å²) < 4.78 is 52.3. The Bertz CT molecular complexity index is 1750. The molecule has 1 saturated heterocycles. The number of benzene rings is 3. The van der Waals surface area contributed by atoms with Crippen molar-refractivity contribution in [1.29, 1.82) is 0 Å². The lowest BCUT2D eigenvalue weighted by Gasteiger charge is -2.35.